The number of halogens is 1. The van der Waals surface area contributed by atoms with E-state index in [-0.39, 0.29) is 11.7 Å². The van der Waals surface area contributed by atoms with Crippen LogP contribution in [0.25, 0.3) is 0 Å². The molecule has 2 heterocycles. The fourth-order valence-electron chi connectivity index (χ4n) is 3.54. The van der Waals surface area contributed by atoms with Crippen LogP contribution in [0.15, 0.2) is 52.5 Å². The number of benzene rings is 1. The average molecular weight is 481 g/mol. The number of aromatic nitrogens is 1. The van der Waals surface area contributed by atoms with E-state index in [9.17, 15) is 10.1 Å². The molecule has 3 aromatic rings. The summed E-state index contributed by atoms with van der Waals surface area (Å²) < 4.78 is 0. The van der Waals surface area contributed by atoms with E-state index in [1.807, 2.05) is 36.4 Å². The quantitative estimate of drug-likeness (QED) is 0.256. The van der Waals surface area contributed by atoms with Crippen LogP contribution < -0.4 is 5.32 Å². The second kappa shape index (κ2) is 10.3. The van der Waals surface area contributed by atoms with Crippen molar-refractivity contribution in [2.45, 2.75) is 31.1 Å². The van der Waals surface area contributed by atoms with Gasteiger partial charge in [-0.25, -0.2) is 4.98 Å². The molecule has 1 amide bonds. The molecule has 1 aliphatic carbocycles. The van der Waals surface area contributed by atoms with Crippen LogP contribution in [0.3, 0.4) is 0 Å². The van der Waals surface area contributed by atoms with Gasteiger partial charge in [0.1, 0.15) is 16.2 Å². The van der Waals surface area contributed by atoms with Crippen LogP contribution >= 0.6 is 34.7 Å². The first-order chi connectivity index (χ1) is 15.5. The molecular formula is C24H21ClN4OS2. The minimum absolute atomic E-state index is 0.105. The molecule has 0 spiro atoms. The molecule has 162 valence electrons. The lowest BCUT2D eigenvalue weighted by Crippen LogP contribution is -2.14. The van der Waals surface area contributed by atoms with Crippen molar-refractivity contribution in [3.05, 3.63) is 69.3 Å². The Labute approximate surface area is 200 Å². The zero-order chi connectivity index (χ0) is 22.5. The Morgan fingerprint density at radius 2 is 2.22 bits per heavy atom. The number of carbonyl (C=O) groups is 1. The number of aliphatic imine (C=N–C) groups is 1. The molecule has 1 N–H and O–H groups in total. The lowest BCUT2D eigenvalue weighted by Gasteiger charge is -2.17. The molecule has 1 aliphatic rings. The number of rotatable bonds is 6. The molecule has 0 fully saturated rings. The lowest BCUT2D eigenvalue weighted by atomic mass is 9.89. The maximum Gasteiger partial charge on any atom is 0.235 e. The number of nitriles is 1. The van der Waals surface area contributed by atoms with Gasteiger partial charge in [0.2, 0.25) is 5.91 Å². The molecule has 2 aromatic heterocycles. The van der Waals surface area contributed by atoms with Crippen LogP contribution in [-0.4, -0.2) is 22.9 Å². The van der Waals surface area contributed by atoms with Crippen molar-refractivity contribution in [2.24, 2.45) is 10.9 Å². The Morgan fingerprint density at radius 1 is 1.41 bits per heavy atom. The second-order valence-electron chi connectivity index (χ2n) is 7.64. The van der Waals surface area contributed by atoms with Gasteiger partial charge in [0.05, 0.1) is 17.0 Å². The van der Waals surface area contributed by atoms with Crippen molar-refractivity contribution in [1.82, 2.24) is 4.98 Å². The number of carbonyl (C=O) groups excluding carboxylic acids is 1. The zero-order valence-electron chi connectivity index (χ0n) is 17.5. The van der Waals surface area contributed by atoms with E-state index in [1.165, 1.54) is 16.6 Å². The Hall–Kier alpha value is -2.66. The molecule has 1 atom stereocenters. The predicted molar refractivity (Wildman–Crippen MR) is 133 cm³/mol. The van der Waals surface area contributed by atoms with Crippen LogP contribution in [0, 0.1) is 17.2 Å². The number of nitrogens with one attached hydrogen (secondary N) is 1. The van der Waals surface area contributed by atoms with Gasteiger partial charge in [-0.2, -0.15) is 5.26 Å². The van der Waals surface area contributed by atoms with Gasteiger partial charge in [0.15, 0.2) is 0 Å². The van der Waals surface area contributed by atoms with Crippen molar-refractivity contribution in [1.29, 1.82) is 5.26 Å². The molecule has 8 heteroatoms. The van der Waals surface area contributed by atoms with Gasteiger partial charge in [-0.15, -0.1) is 23.1 Å². The first-order valence-electron chi connectivity index (χ1n) is 10.3. The van der Waals surface area contributed by atoms with Crippen LogP contribution in [0.5, 0.6) is 0 Å². The number of thiophene rings is 1. The molecule has 0 saturated carbocycles. The normalized spacial score (nSPS) is 15.3. The van der Waals surface area contributed by atoms with Gasteiger partial charge in [0.25, 0.3) is 0 Å². The summed E-state index contributed by atoms with van der Waals surface area (Å²) >= 11 is 9.04. The predicted octanol–water partition coefficient (Wildman–Crippen LogP) is 6.27. The van der Waals surface area contributed by atoms with Gasteiger partial charge >= 0.3 is 0 Å². The van der Waals surface area contributed by atoms with E-state index in [1.54, 1.807) is 23.7 Å². The third-order valence-electron chi connectivity index (χ3n) is 5.22. The summed E-state index contributed by atoms with van der Waals surface area (Å²) in [5.74, 6) is 0.796. The maximum atomic E-state index is 12.5. The first kappa shape index (κ1) is 22.5. The fraction of sp³-hybridized carbons (Fsp3) is 0.250. The van der Waals surface area contributed by atoms with Gasteiger partial charge in [-0.05, 0) is 67.1 Å². The Morgan fingerprint density at radius 3 is 2.97 bits per heavy atom. The average Bonchev–Trinajstić information content (AvgIpc) is 3.13. The summed E-state index contributed by atoms with van der Waals surface area (Å²) in [7, 11) is 0. The Balaban J connectivity index is 1.34. The molecule has 4 rings (SSSR count). The maximum absolute atomic E-state index is 12.5. The molecule has 0 unspecified atom stereocenters. The van der Waals surface area contributed by atoms with Crippen molar-refractivity contribution in [2.75, 3.05) is 11.1 Å². The molecule has 0 aliphatic heterocycles. The van der Waals surface area contributed by atoms with Crippen LogP contribution in [-0.2, 0) is 17.6 Å². The molecular weight excluding hydrogens is 460 g/mol. The highest BCUT2D eigenvalue weighted by Crippen LogP contribution is 2.39. The van der Waals surface area contributed by atoms with Crippen molar-refractivity contribution < 1.29 is 4.79 Å². The topological polar surface area (TPSA) is 78.1 Å². The summed E-state index contributed by atoms with van der Waals surface area (Å²) in [4.78, 5) is 23.2. The lowest BCUT2D eigenvalue weighted by molar-refractivity contribution is -0.113. The SMILES string of the molecule is C[C@@H]1CCc2c(sc(NC(=O)CSc3ccc(N=Cc4cccnc4Cl)cc3)c2C#N)C1. The largest absolute Gasteiger partial charge is 0.316 e. The number of hydrogen-bond acceptors (Lipinski definition) is 6. The highest BCUT2D eigenvalue weighted by Gasteiger charge is 2.24. The van der Waals surface area contributed by atoms with E-state index >= 15 is 0 Å². The molecule has 32 heavy (non-hydrogen) atoms. The Kier molecular flexibility index (Phi) is 7.26. The highest BCUT2D eigenvalue weighted by molar-refractivity contribution is 8.00. The van der Waals surface area contributed by atoms with E-state index < -0.39 is 0 Å². The summed E-state index contributed by atoms with van der Waals surface area (Å²) in [5.41, 5.74) is 3.31. The van der Waals surface area contributed by atoms with Gasteiger partial charge in [-0.3, -0.25) is 9.79 Å². The monoisotopic (exact) mass is 480 g/mol. The number of fused-ring (bicyclic) bond motifs is 1. The van der Waals surface area contributed by atoms with Gasteiger partial charge < -0.3 is 5.32 Å². The van der Waals surface area contributed by atoms with Crippen LogP contribution in [0.1, 0.15) is 34.9 Å². The molecule has 0 saturated heterocycles. The summed E-state index contributed by atoms with van der Waals surface area (Å²) in [5, 5.41) is 13.6. The van der Waals surface area contributed by atoms with Gasteiger partial charge in [0, 0.05) is 27.7 Å². The minimum Gasteiger partial charge on any atom is -0.316 e. The third kappa shape index (κ3) is 5.39. The zero-order valence-corrected chi connectivity index (χ0v) is 19.9. The van der Waals surface area contributed by atoms with E-state index in [0.29, 0.717) is 21.6 Å². The summed E-state index contributed by atoms with van der Waals surface area (Å²) in [6.07, 6.45) is 6.32. The summed E-state index contributed by atoms with van der Waals surface area (Å²) in [6.45, 7) is 2.23. The minimum atomic E-state index is -0.105. The fourth-order valence-corrected chi connectivity index (χ4v) is 5.78. The number of thioether (sulfide) groups is 1. The number of anilines is 1. The number of nitrogens with zero attached hydrogens (tertiary/aromatic N) is 3. The van der Waals surface area contributed by atoms with Crippen LogP contribution in [0.2, 0.25) is 5.15 Å². The van der Waals surface area contributed by atoms with E-state index in [2.05, 4.69) is 28.3 Å². The van der Waals surface area contributed by atoms with Gasteiger partial charge in [-0.1, -0.05) is 18.5 Å². The number of pyridine rings is 1. The number of hydrogen-bond donors (Lipinski definition) is 1. The molecule has 0 bridgehead atoms. The molecule has 0 radical (unpaired) electrons. The highest BCUT2D eigenvalue weighted by atomic mass is 35.5. The third-order valence-corrected chi connectivity index (χ3v) is 7.72. The number of amides is 1. The standard InChI is InChI=1S/C24H21ClN4OS2/c1-15-4-9-19-20(12-26)24(32-21(19)11-15)29-22(30)14-31-18-7-5-17(6-8-18)28-13-16-3-2-10-27-23(16)25/h2-3,5-8,10,13,15H,4,9,11,14H2,1H3,(H,29,30)/t15-/m1/s1. The van der Waals surface area contributed by atoms with Crippen molar-refractivity contribution in [3.63, 3.8) is 0 Å². The second-order valence-corrected chi connectivity index (χ2v) is 10.2. The van der Waals surface area contributed by atoms with Crippen molar-refractivity contribution >= 4 is 57.5 Å². The van der Waals surface area contributed by atoms with E-state index in [0.717, 1.165) is 41.0 Å². The van der Waals surface area contributed by atoms with E-state index in [4.69, 9.17) is 11.6 Å². The first-order valence-corrected chi connectivity index (χ1v) is 12.4. The Bertz CT molecular complexity index is 1200. The summed E-state index contributed by atoms with van der Waals surface area (Å²) in [6, 6.07) is 13.6. The smallest absolute Gasteiger partial charge is 0.235 e. The molecule has 5 nitrogen and oxygen atoms in total. The molecule has 1 aromatic carbocycles. The van der Waals surface area contributed by atoms with Crippen molar-refractivity contribution in [3.8, 4) is 6.07 Å². The van der Waals surface area contributed by atoms with Crippen LogP contribution in [0.4, 0.5) is 10.7 Å².